The lowest BCUT2D eigenvalue weighted by Crippen LogP contribution is -2.24. The van der Waals surface area contributed by atoms with E-state index in [0.717, 1.165) is 12.2 Å². The minimum atomic E-state index is -0.724. The molecule has 0 aromatic heterocycles. The largest absolute Gasteiger partial charge is 0.460 e. The maximum Gasteiger partial charge on any atom is 0.331 e. The lowest BCUT2D eigenvalue weighted by Gasteiger charge is -2.16. The Labute approximate surface area is 98.3 Å². The van der Waals surface area contributed by atoms with E-state index >= 15 is 0 Å². The third-order valence-corrected chi connectivity index (χ3v) is 1.96. The van der Waals surface area contributed by atoms with E-state index in [0.29, 0.717) is 6.61 Å². The van der Waals surface area contributed by atoms with Crippen LogP contribution in [0.3, 0.4) is 0 Å². The first kappa shape index (κ1) is 13.2. The normalized spacial score (nSPS) is 23.6. The molecular formula is C10H13ClO5. The van der Waals surface area contributed by atoms with E-state index in [4.69, 9.17) is 25.8 Å². The number of ether oxygens (including phenoxy) is 3. The van der Waals surface area contributed by atoms with Gasteiger partial charge in [0, 0.05) is 12.2 Å². The monoisotopic (exact) mass is 248 g/mol. The third-order valence-electron chi connectivity index (χ3n) is 1.83. The first-order valence-electron chi connectivity index (χ1n) is 4.75. The summed E-state index contributed by atoms with van der Waals surface area (Å²) in [5.74, 6) is -1.28. The van der Waals surface area contributed by atoms with Gasteiger partial charge in [0.05, 0.1) is 6.61 Å². The molecular weight excluding hydrogens is 236 g/mol. The second-order valence-corrected chi connectivity index (χ2v) is 4.09. The molecule has 0 bridgehead atoms. The molecule has 1 heterocycles. The maximum atomic E-state index is 11.0. The Morgan fingerprint density at radius 2 is 2.19 bits per heavy atom. The predicted octanol–water partition coefficient (Wildman–Crippen LogP) is 1.00. The molecule has 0 aromatic rings. The number of carbonyl (C=O) groups excluding carboxylic acids is 2. The fraction of sp³-hybridized carbons (Fsp3) is 0.600. The number of halogens is 1. The van der Waals surface area contributed by atoms with Crippen LogP contribution in [-0.4, -0.2) is 36.3 Å². The van der Waals surface area contributed by atoms with Crippen LogP contribution in [0.25, 0.3) is 0 Å². The number of rotatable bonds is 4. The topological polar surface area (TPSA) is 61.8 Å². The minimum absolute atomic E-state index is 0.0864. The summed E-state index contributed by atoms with van der Waals surface area (Å²) in [6, 6.07) is 0. The molecule has 0 spiro atoms. The zero-order valence-electron chi connectivity index (χ0n) is 9.07. The van der Waals surface area contributed by atoms with Crippen LogP contribution in [0.5, 0.6) is 0 Å². The van der Waals surface area contributed by atoms with E-state index in [1.165, 1.54) is 0 Å². The van der Waals surface area contributed by atoms with E-state index < -0.39 is 17.0 Å². The van der Waals surface area contributed by atoms with Gasteiger partial charge in [-0.15, -0.1) is 0 Å². The maximum absolute atomic E-state index is 11.0. The number of hydrogen-bond donors (Lipinski definition) is 0. The molecule has 0 radical (unpaired) electrons. The molecule has 1 aliphatic rings. The molecule has 1 unspecified atom stereocenters. The van der Waals surface area contributed by atoms with Crippen molar-refractivity contribution in [3.05, 3.63) is 12.2 Å². The van der Waals surface area contributed by atoms with Crippen molar-refractivity contribution in [2.24, 2.45) is 0 Å². The van der Waals surface area contributed by atoms with Crippen LogP contribution in [0.1, 0.15) is 13.8 Å². The van der Waals surface area contributed by atoms with Crippen molar-refractivity contribution >= 4 is 22.8 Å². The van der Waals surface area contributed by atoms with E-state index in [1.807, 2.05) is 0 Å². The number of carbonyl (C=O) groups is 2. The van der Waals surface area contributed by atoms with Crippen LogP contribution < -0.4 is 0 Å². The highest BCUT2D eigenvalue weighted by atomic mass is 35.5. The Hall–Kier alpha value is -0.910. The van der Waals surface area contributed by atoms with Gasteiger partial charge in [-0.3, -0.25) is 4.79 Å². The van der Waals surface area contributed by atoms with Gasteiger partial charge in [-0.25, -0.2) is 4.79 Å². The van der Waals surface area contributed by atoms with Gasteiger partial charge >= 0.3 is 5.97 Å². The summed E-state index contributed by atoms with van der Waals surface area (Å²) in [7, 11) is 0. The number of allylic oxidation sites excluding steroid dienone is 1. The van der Waals surface area contributed by atoms with Crippen LogP contribution in [0.15, 0.2) is 12.2 Å². The van der Waals surface area contributed by atoms with Gasteiger partial charge in [-0.2, -0.15) is 0 Å². The smallest absolute Gasteiger partial charge is 0.331 e. The molecule has 1 aliphatic heterocycles. The van der Waals surface area contributed by atoms with Crippen molar-refractivity contribution in [2.75, 3.05) is 13.2 Å². The Morgan fingerprint density at radius 1 is 1.50 bits per heavy atom. The molecule has 1 atom stereocenters. The van der Waals surface area contributed by atoms with Crippen molar-refractivity contribution in [2.45, 2.75) is 25.7 Å². The van der Waals surface area contributed by atoms with E-state index in [1.54, 1.807) is 13.8 Å². The molecule has 0 N–H and O–H groups in total. The first-order valence-corrected chi connectivity index (χ1v) is 5.13. The number of esters is 1. The zero-order chi connectivity index (χ0) is 12.2. The van der Waals surface area contributed by atoms with Gasteiger partial charge in [0.1, 0.15) is 12.7 Å². The quantitative estimate of drug-likeness (QED) is 0.422. The molecule has 1 saturated heterocycles. The molecule has 5 nitrogen and oxygen atoms in total. The SMILES string of the molecule is CC1(C)OCC(COC(=O)C=CC(=O)Cl)O1. The van der Waals surface area contributed by atoms with Gasteiger partial charge in [-0.05, 0) is 25.4 Å². The molecule has 1 fully saturated rings. The molecule has 0 amide bonds. The predicted molar refractivity (Wildman–Crippen MR) is 55.9 cm³/mol. The Kier molecular flexibility index (Phi) is 4.46. The Bertz CT molecular complexity index is 310. The fourth-order valence-electron chi connectivity index (χ4n) is 1.20. The summed E-state index contributed by atoms with van der Waals surface area (Å²) in [5, 5.41) is -0.724. The van der Waals surface area contributed by atoms with Crippen LogP contribution in [-0.2, 0) is 23.8 Å². The van der Waals surface area contributed by atoms with Gasteiger partial charge in [-0.1, -0.05) is 0 Å². The lowest BCUT2D eigenvalue weighted by atomic mass is 10.4. The van der Waals surface area contributed by atoms with Crippen molar-refractivity contribution in [3.8, 4) is 0 Å². The summed E-state index contributed by atoms with van der Waals surface area (Å²) in [6.45, 7) is 4.02. The van der Waals surface area contributed by atoms with Crippen LogP contribution in [0, 0.1) is 0 Å². The second-order valence-electron chi connectivity index (χ2n) is 3.72. The molecule has 90 valence electrons. The number of hydrogen-bond acceptors (Lipinski definition) is 5. The van der Waals surface area contributed by atoms with Crippen LogP contribution in [0.2, 0.25) is 0 Å². The molecule has 16 heavy (non-hydrogen) atoms. The van der Waals surface area contributed by atoms with Crippen molar-refractivity contribution in [3.63, 3.8) is 0 Å². The first-order chi connectivity index (χ1) is 7.39. The molecule has 6 heteroatoms. The lowest BCUT2D eigenvalue weighted by molar-refractivity contribution is -0.154. The Morgan fingerprint density at radius 3 is 2.69 bits per heavy atom. The molecule has 1 rings (SSSR count). The van der Waals surface area contributed by atoms with Crippen molar-refractivity contribution < 1.29 is 23.8 Å². The average Bonchev–Trinajstić information content (AvgIpc) is 2.52. The molecule has 0 aliphatic carbocycles. The summed E-state index contributed by atoms with van der Waals surface area (Å²) < 4.78 is 15.5. The standard InChI is InChI=1S/C10H13ClO5/c1-10(2)15-6-7(16-10)5-14-9(13)4-3-8(11)12/h3-4,7H,5-6H2,1-2H3. The summed E-state index contributed by atoms with van der Waals surface area (Å²) >= 11 is 5.01. The molecule has 0 aromatic carbocycles. The Balaban J connectivity index is 2.25. The van der Waals surface area contributed by atoms with E-state index in [9.17, 15) is 9.59 Å². The fourth-order valence-corrected chi connectivity index (χ4v) is 1.26. The van der Waals surface area contributed by atoms with Gasteiger partial charge in [0.25, 0.3) is 0 Å². The van der Waals surface area contributed by atoms with Gasteiger partial charge < -0.3 is 14.2 Å². The zero-order valence-corrected chi connectivity index (χ0v) is 9.82. The second kappa shape index (κ2) is 5.43. The minimum Gasteiger partial charge on any atom is -0.460 e. The van der Waals surface area contributed by atoms with Gasteiger partial charge in [0.15, 0.2) is 5.79 Å². The van der Waals surface area contributed by atoms with E-state index in [-0.39, 0.29) is 12.7 Å². The van der Waals surface area contributed by atoms with E-state index in [2.05, 4.69) is 0 Å². The average molecular weight is 249 g/mol. The highest BCUT2D eigenvalue weighted by Crippen LogP contribution is 2.22. The van der Waals surface area contributed by atoms with Crippen molar-refractivity contribution in [1.29, 1.82) is 0 Å². The summed E-state index contributed by atoms with van der Waals surface area (Å²) in [6.07, 6.45) is 1.62. The molecule has 0 saturated carbocycles. The van der Waals surface area contributed by atoms with Crippen LogP contribution >= 0.6 is 11.6 Å². The van der Waals surface area contributed by atoms with Gasteiger partial charge in [0.2, 0.25) is 5.24 Å². The third kappa shape index (κ3) is 4.74. The summed E-state index contributed by atoms with van der Waals surface area (Å²) in [5.41, 5.74) is 0. The highest BCUT2D eigenvalue weighted by molar-refractivity contribution is 6.66. The van der Waals surface area contributed by atoms with Crippen molar-refractivity contribution in [1.82, 2.24) is 0 Å². The highest BCUT2D eigenvalue weighted by Gasteiger charge is 2.33. The van der Waals surface area contributed by atoms with Crippen LogP contribution in [0.4, 0.5) is 0 Å². The summed E-state index contributed by atoms with van der Waals surface area (Å²) in [4.78, 5) is 21.4.